The zero-order valence-electron chi connectivity index (χ0n) is 15.2. The Morgan fingerprint density at radius 1 is 1.30 bits per heavy atom. The molecule has 3 aromatic heterocycles. The standard InChI is InChI=1S/C20H22F2N4O/c1-12-9-23-19-16(12)6-14(10-24-19)17-7-18(13-3-5-27-11-13)26(25-17)15-2-4-20(21,22)8-15/h6-7,9-10,13,15H,2-5,8,11H2,1H3,(H,23,24)/t13-,15-/m1/s1. The Hall–Kier alpha value is -2.28. The van der Waals surface area contributed by atoms with E-state index in [0.29, 0.717) is 19.6 Å². The molecule has 0 unspecified atom stereocenters. The van der Waals surface area contributed by atoms with Crippen LogP contribution < -0.4 is 0 Å². The number of aryl methyl sites for hydroxylation is 1. The van der Waals surface area contributed by atoms with Crippen LogP contribution in [0.25, 0.3) is 22.3 Å². The molecule has 5 rings (SSSR count). The van der Waals surface area contributed by atoms with Crippen molar-refractivity contribution in [3.05, 3.63) is 35.8 Å². The van der Waals surface area contributed by atoms with Crippen molar-refractivity contribution in [2.45, 2.75) is 50.5 Å². The molecule has 1 aliphatic heterocycles. The molecule has 1 N–H and O–H groups in total. The third kappa shape index (κ3) is 2.94. The monoisotopic (exact) mass is 372 g/mol. The molecule has 5 nitrogen and oxygen atoms in total. The molecule has 1 saturated carbocycles. The Bertz CT molecular complexity index is 987. The Kier molecular flexibility index (Phi) is 3.82. The van der Waals surface area contributed by atoms with Crippen molar-refractivity contribution in [3.63, 3.8) is 0 Å². The topological polar surface area (TPSA) is 55.7 Å². The number of aromatic nitrogens is 4. The quantitative estimate of drug-likeness (QED) is 0.731. The maximum atomic E-state index is 13.8. The van der Waals surface area contributed by atoms with Crippen molar-refractivity contribution in [1.82, 2.24) is 19.7 Å². The van der Waals surface area contributed by atoms with E-state index in [0.717, 1.165) is 40.0 Å². The average Bonchev–Trinajstić information content (AvgIpc) is 3.40. The first-order valence-corrected chi connectivity index (χ1v) is 9.49. The first kappa shape index (κ1) is 16.9. The van der Waals surface area contributed by atoms with E-state index in [1.807, 2.05) is 23.9 Å². The minimum atomic E-state index is -2.59. The van der Waals surface area contributed by atoms with Crippen LogP contribution in [-0.2, 0) is 4.74 Å². The first-order chi connectivity index (χ1) is 13.0. The molecule has 3 aromatic rings. The molecular weight excluding hydrogens is 350 g/mol. The zero-order valence-corrected chi connectivity index (χ0v) is 15.2. The first-order valence-electron chi connectivity index (χ1n) is 9.49. The smallest absolute Gasteiger partial charge is 0.250 e. The van der Waals surface area contributed by atoms with Gasteiger partial charge in [-0.3, -0.25) is 4.68 Å². The molecule has 1 aliphatic carbocycles. The minimum absolute atomic E-state index is 0.0659. The molecule has 0 bridgehead atoms. The summed E-state index contributed by atoms with van der Waals surface area (Å²) in [5.41, 5.74) is 4.68. The number of hydrogen-bond acceptors (Lipinski definition) is 3. The van der Waals surface area contributed by atoms with E-state index < -0.39 is 5.92 Å². The highest BCUT2D eigenvalue weighted by Gasteiger charge is 2.42. The van der Waals surface area contributed by atoms with Gasteiger partial charge in [-0.05, 0) is 37.5 Å². The van der Waals surface area contributed by atoms with Crippen molar-refractivity contribution in [2.75, 3.05) is 13.2 Å². The summed E-state index contributed by atoms with van der Waals surface area (Å²) in [6.45, 7) is 3.37. The van der Waals surface area contributed by atoms with Crippen LogP contribution in [0.1, 0.15) is 48.9 Å². The van der Waals surface area contributed by atoms with Crippen molar-refractivity contribution in [3.8, 4) is 11.3 Å². The van der Waals surface area contributed by atoms with E-state index in [9.17, 15) is 8.78 Å². The molecule has 0 amide bonds. The Morgan fingerprint density at radius 2 is 2.19 bits per heavy atom. The van der Waals surface area contributed by atoms with Gasteiger partial charge in [0.05, 0.1) is 18.3 Å². The molecule has 4 heterocycles. The fourth-order valence-electron chi connectivity index (χ4n) is 4.33. The summed E-state index contributed by atoms with van der Waals surface area (Å²) >= 11 is 0. The van der Waals surface area contributed by atoms with Gasteiger partial charge in [-0.25, -0.2) is 13.8 Å². The van der Waals surface area contributed by atoms with Crippen molar-refractivity contribution in [1.29, 1.82) is 0 Å². The van der Waals surface area contributed by atoms with Crippen LogP contribution in [0.15, 0.2) is 24.5 Å². The van der Waals surface area contributed by atoms with E-state index in [2.05, 4.69) is 16.0 Å². The molecule has 27 heavy (non-hydrogen) atoms. The third-order valence-electron chi connectivity index (χ3n) is 5.87. The SMILES string of the molecule is Cc1c[nH]c2ncc(-c3cc([C@@H]4CCOC4)n([C@@H]4CCC(F)(F)C4)n3)cc12. The highest BCUT2D eigenvalue weighted by Crippen LogP contribution is 2.43. The second-order valence-corrected chi connectivity index (χ2v) is 7.80. The van der Waals surface area contributed by atoms with Crippen LogP contribution in [-0.4, -0.2) is 38.9 Å². The Labute approximate surface area is 155 Å². The fourth-order valence-corrected chi connectivity index (χ4v) is 4.33. The highest BCUT2D eigenvalue weighted by molar-refractivity contribution is 5.83. The predicted octanol–water partition coefficient (Wildman–Crippen LogP) is 4.60. The summed E-state index contributed by atoms with van der Waals surface area (Å²) in [6.07, 6.45) is 4.89. The normalized spacial score (nSPS) is 24.9. The summed E-state index contributed by atoms with van der Waals surface area (Å²) in [5, 5.41) is 5.83. The van der Waals surface area contributed by atoms with Gasteiger partial charge in [-0.2, -0.15) is 5.10 Å². The average molecular weight is 372 g/mol. The van der Waals surface area contributed by atoms with Gasteiger partial charge in [0.25, 0.3) is 0 Å². The lowest BCUT2D eigenvalue weighted by Crippen LogP contribution is -2.16. The van der Waals surface area contributed by atoms with Gasteiger partial charge >= 0.3 is 0 Å². The molecule has 0 spiro atoms. The van der Waals surface area contributed by atoms with Gasteiger partial charge in [0.2, 0.25) is 5.92 Å². The lowest BCUT2D eigenvalue weighted by atomic mass is 10.0. The number of hydrogen-bond donors (Lipinski definition) is 1. The molecular formula is C20H22F2N4O. The number of halogens is 2. The van der Waals surface area contributed by atoms with Crippen LogP contribution in [0.5, 0.6) is 0 Å². The number of nitrogens with one attached hydrogen (secondary N) is 1. The van der Waals surface area contributed by atoms with E-state index >= 15 is 0 Å². The molecule has 1 saturated heterocycles. The summed E-state index contributed by atoms with van der Waals surface area (Å²) < 4.78 is 35.0. The maximum absolute atomic E-state index is 13.8. The van der Waals surface area contributed by atoms with Crippen molar-refractivity contribution >= 4 is 11.0 Å². The van der Waals surface area contributed by atoms with Gasteiger partial charge in [-0.15, -0.1) is 0 Å². The second kappa shape index (κ2) is 6.12. The molecule has 142 valence electrons. The van der Waals surface area contributed by atoms with Crippen LogP contribution in [0.2, 0.25) is 0 Å². The lowest BCUT2D eigenvalue weighted by Gasteiger charge is -2.17. The number of pyridine rings is 1. The van der Waals surface area contributed by atoms with Crippen LogP contribution in [0.4, 0.5) is 8.78 Å². The minimum Gasteiger partial charge on any atom is -0.381 e. The number of nitrogens with zero attached hydrogens (tertiary/aromatic N) is 3. The molecule has 0 radical (unpaired) electrons. The number of H-pyrrole nitrogens is 1. The van der Waals surface area contributed by atoms with Crippen LogP contribution >= 0.6 is 0 Å². The van der Waals surface area contributed by atoms with Crippen LogP contribution in [0, 0.1) is 6.92 Å². The fraction of sp³-hybridized carbons (Fsp3) is 0.500. The van der Waals surface area contributed by atoms with E-state index in [-0.39, 0.29) is 24.8 Å². The van der Waals surface area contributed by atoms with E-state index in [4.69, 9.17) is 9.84 Å². The highest BCUT2D eigenvalue weighted by atomic mass is 19.3. The van der Waals surface area contributed by atoms with Gasteiger partial charge in [0.15, 0.2) is 0 Å². The Morgan fingerprint density at radius 3 is 2.93 bits per heavy atom. The number of ether oxygens (including phenoxy) is 1. The molecule has 2 atom stereocenters. The summed E-state index contributed by atoms with van der Waals surface area (Å²) in [7, 11) is 0. The van der Waals surface area contributed by atoms with Crippen LogP contribution in [0.3, 0.4) is 0 Å². The number of rotatable bonds is 3. The van der Waals surface area contributed by atoms with Gasteiger partial charge in [-0.1, -0.05) is 0 Å². The van der Waals surface area contributed by atoms with E-state index in [1.54, 1.807) is 6.20 Å². The molecule has 2 fully saturated rings. The van der Waals surface area contributed by atoms with Gasteiger partial charge < -0.3 is 9.72 Å². The second-order valence-electron chi connectivity index (χ2n) is 7.80. The summed E-state index contributed by atoms with van der Waals surface area (Å²) in [4.78, 5) is 7.63. The van der Waals surface area contributed by atoms with Crippen molar-refractivity contribution in [2.24, 2.45) is 0 Å². The lowest BCUT2D eigenvalue weighted by molar-refractivity contribution is 0.00505. The number of alkyl halides is 2. The summed E-state index contributed by atoms with van der Waals surface area (Å²) in [5.74, 6) is -2.38. The largest absolute Gasteiger partial charge is 0.381 e. The van der Waals surface area contributed by atoms with Gasteiger partial charge in [0, 0.05) is 54.4 Å². The number of aromatic amines is 1. The van der Waals surface area contributed by atoms with E-state index in [1.165, 1.54) is 0 Å². The Balaban J connectivity index is 1.58. The third-order valence-corrected chi connectivity index (χ3v) is 5.87. The van der Waals surface area contributed by atoms with Crippen molar-refractivity contribution < 1.29 is 13.5 Å². The maximum Gasteiger partial charge on any atom is 0.250 e. The zero-order chi connectivity index (χ0) is 18.6. The number of fused-ring (bicyclic) bond motifs is 1. The molecule has 0 aromatic carbocycles. The summed E-state index contributed by atoms with van der Waals surface area (Å²) in [6, 6.07) is 3.86. The predicted molar refractivity (Wildman–Crippen MR) is 98.1 cm³/mol. The molecule has 7 heteroatoms. The van der Waals surface area contributed by atoms with Gasteiger partial charge in [0.1, 0.15) is 5.65 Å². The molecule has 2 aliphatic rings.